The van der Waals surface area contributed by atoms with Crippen molar-refractivity contribution >= 4 is 0 Å². The molecule has 0 bridgehead atoms. The number of aliphatic hydroxyl groups excluding tert-OH is 1. The molecule has 2 aliphatic rings. The van der Waals surface area contributed by atoms with E-state index in [0.717, 1.165) is 38.9 Å². The Labute approximate surface area is 125 Å². The monoisotopic (exact) mass is 292 g/mol. The highest BCUT2D eigenvalue weighted by molar-refractivity contribution is 5.22. The third-order valence-corrected chi connectivity index (χ3v) is 4.59. The van der Waals surface area contributed by atoms with Crippen molar-refractivity contribution in [2.45, 2.75) is 43.9 Å². The Hall–Kier alpha value is -1.17. The Kier molecular flexibility index (Phi) is 4.73. The van der Waals surface area contributed by atoms with Crippen molar-refractivity contribution in [3.05, 3.63) is 23.9 Å². The van der Waals surface area contributed by atoms with Crippen LogP contribution in [0.3, 0.4) is 0 Å². The van der Waals surface area contributed by atoms with E-state index in [1.165, 1.54) is 5.56 Å². The lowest BCUT2D eigenvalue weighted by Crippen LogP contribution is -2.44. The first-order valence-corrected chi connectivity index (χ1v) is 7.78. The van der Waals surface area contributed by atoms with Gasteiger partial charge in [-0.2, -0.15) is 0 Å². The smallest absolute Gasteiger partial charge is 0.212 e. The van der Waals surface area contributed by atoms with Crippen LogP contribution < -0.4 is 10.1 Å². The minimum absolute atomic E-state index is 0.139. The number of hydrogen-bond acceptors (Lipinski definition) is 5. The molecule has 5 heteroatoms. The van der Waals surface area contributed by atoms with Gasteiger partial charge in [-0.25, -0.2) is 4.98 Å². The summed E-state index contributed by atoms with van der Waals surface area (Å²) in [4.78, 5) is 4.32. The van der Waals surface area contributed by atoms with Crippen molar-refractivity contribution in [1.82, 2.24) is 10.3 Å². The SMILES string of the molecule is COc1ccc([C@H](NC2CCOCC2)C2CC(O)C2)cn1. The Balaban J connectivity index is 1.71. The number of hydrogen-bond donors (Lipinski definition) is 2. The van der Waals surface area contributed by atoms with E-state index < -0.39 is 0 Å². The number of nitrogens with one attached hydrogen (secondary N) is 1. The molecule has 0 amide bonds. The molecule has 1 aliphatic carbocycles. The fraction of sp³-hybridized carbons (Fsp3) is 0.688. The second-order valence-corrected chi connectivity index (χ2v) is 6.05. The van der Waals surface area contributed by atoms with Gasteiger partial charge in [0.15, 0.2) is 0 Å². The first-order chi connectivity index (χ1) is 10.3. The van der Waals surface area contributed by atoms with Crippen LogP contribution in [0.1, 0.15) is 37.3 Å². The molecule has 2 fully saturated rings. The van der Waals surface area contributed by atoms with Gasteiger partial charge in [-0.3, -0.25) is 0 Å². The topological polar surface area (TPSA) is 63.6 Å². The van der Waals surface area contributed by atoms with Gasteiger partial charge in [0.2, 0.25) is 5.88 Å². The Morgan fingerprint density at radius 1 is 1.33 bits per heavy atom. The highest BCUT2D eigenvalue weighted by Crippen LogP contribution is 2.38. The average molecular weight is 292 g/mol. The molecule has 1 saturated heterocycles. The van der Waals surface area contributed by atoms with Crippen molar-refractivity contribution < 1.29 is 14.6 Å². The Morgan fingerprint density at radius 2 is 2.10 bits per heavy atom. The van der Waals surface area contributed by atoms with E-state index in [-0.39, 0.29) is 12.1 Å². The van der Waals surface area contributed by atoms with E-state index in [9.17, 15) is 5.11 Å². The first kappa shape index (κ1) is 14.8. The Morgan fingerprint density at radius 3 is 2.67 bits per heavy atom. The van der Waals surface area contributed by atoms with E-state index in [0.29, 0.717) is 17.8 Å². The number of aliphatic hydroxyl groups is 1. The van der Waals surface area contributed by atoms with Gasteiger partial charge >= 0.3 is 0 Å². The van der Waals surface area contributed by atoms with Crippen LogP contribution in [0.4, 0.5) is 0 Å². The lowest BCUT2D eigenvalue weighted by molar-refractivity contribution is 0.0145. The van der Waals surface area contributed by atoms with Crippen LogP contribution in [0.15, 0.2) is 18.3 Å². The van der Waals surface area contributed by atoms with Crippen molar-refractivity contribution in [3.63, 3.8) is 0 Å². The number of ether oxygens (including phenoxy) is 2. The van der Waals surface area contributed by atoms with Crippen molar-refractivity contribution in [2.75, 3.05) is 20.3 Å². The molecule has 1 saturated carbocycles. The molecule has 2 heterocycles. The van der Waals surface area contributed by atoms with Crippen molar-refractivity contribution in [1.29, 1.82) is 0 Å². The predicted molar refractivity (Wildman–Crippen MR) is 79.2 cm³/mol. The molecule has 0 aromatic carbocycles. The van der Waals surface area contributed by atoms with E-state index in [4.69, 9.17) is 9.47 Å². The van der Waals surface area contributed by atoms with E-state index >= 15 is 0 Å². The third kappa shape index (κ3) is 3.54. The second-order valence-electron chi connectivity index (χ2n) is 6.05. The molecule has 1 atom stereocenters. The van der Waals surface area contributed by atoms with Gasteiger partial charge in [0.25, 0.3) is 0 Å². The zero-order valence-electron chi connectivity index (χ0n) is 12.5. The highest BCUT2D eigenvalue weighted by atomic mass is 16.5. The van der Waals surface area contributed by atoms with Crippen LogP contribution in [0.5, 0.6) is 5.88 Å². The predicted octanol–water partition coefficient (Wildman–Crippen LogP) is 1.67. The molecule has 5 nitrogen and oxygen atoms in total. The fourth-order valence-corrected chi connectivity index (χ4v) is 3.22. The summed E-state index contributed by atoms with van der Waals surface area (Å²) in [5, 5.41) is 13.4. The Bertz CT molecular complexity index is 439. The molecular weight excluding hydrogens is 268 g/mol. The summed E-state index contributed by atoms with van der Waals surface area (Å²) >= 11 is 0. The number of rotatable bonds is 5. The minimum Gasteiger partial charge on any atom is -0.481 e. The summed E-state index contributed by atoms with van der Waals surface area (Å²) in [5.41, 5.74) is 1.18. The summed E-state index contributed by atoms with van der Waals surface area (Å²) in [6.45, 7) is 1.66. The molecule has 1 aromatic rings. The van der Waals surface area contributed by atoms with Gasteiger partial charge in [-0.1, -0.05) is 6.07 Å². The minimum atomic E-state index is -0.139. The van der Waals surface area contributed by atoms with Gasteiger partial charge in [-0.15, -0.1) is 0 Å². The zero-order valence-corrected chi connectivity index (χ0v) is 12.5. The number of methoxy groups -OCH3 is 1. The number of aromatic nitrogens is 1. The van der Waals surface area contributed by atoms with Crippen molar-refractivity contribution in [2.24, 2.45) is 5.92 Å². The van der Waals surface area contributed by atoms with Crippen LogP contribution in [0, 0.1) is 5.92 Å². The molecule has 0 unspecified atom stereocenters. The van der Waals surface area contributed by atoms with Gasteiger partial charge in [0.05, 0.1) is 13.2 Å². The zero-order chi connectivity index (χ0) is 14.7. The van der Waals surface area contributed by atoms with Crippen LogP contribution in [-0.4, -0.2) is 42.6 Å². The molecule has 0 radical (unpaired) electrons. The molecule has 0 spiro atoms. The van der Waals surface area contributed by atoms with E-state index in [1.807, 2.05) is 12.3 Å². The summed E-state index contributed by atoms with van der Waals surface area (Å²) in [5.74, 6) is 1.12. The maximum Gasteiger partial charge on any atom is 0.212 e. The lowest BCUT2D eigenvalue weighted by atomic mass is 9.75. The molecule has 2 N–H and O–H groups in total. The highest BCUT2D eigenvalue weighted by Gasteiger charge is 2.36. The summed E-state index contributed by atoms with van der Waals surface area (Å²) in [6, 6.07) is 4.73. The summed E-state index contributed by atoms with van der Waals surface area (Å²) in [7, 11) is 1.63. The van der Waals surface area contributed by atoms with Gasteiger partial charge in [0, 0.05) is 37.6 Å². The third-order valence-electron chi connectivity index (χ3n) is 4.59. The lowest BCUT2D eigenvalue weighted by Gasteiger charge is -2.40. The van der Waals surface area contributed by atoms with Crippen LogP contribution in [-0.2, 0) is 4.74 Å². The normalized spacial score (nSPS) is 27.9. The van der Waals surface area contributed by atoms with Gasteiger partial charge in [-0.05, 0) is 37.2 Å². The van der Waals surface area contributed by atoms with Gasteiger partial charge < -0.3 is 19.9 Å². The molecule has 3 rings (SSSR count). The summed E-state index contributed by atoms with van der Waals surface area (Å²) < 4.78 is 10.6. The van der Waals surface area contributed by atoms with E-state index in [2.05, 4.69) is 16.4 Å². The van der Waals surface area contributed by atoms with Crippen LogP contribution in [0.25, 0.3) is 0 Å². The quantitative estimate of drug-likeness (QED) is 0.864. The van der Waals surface area contributed by atoms with Gasteiger partial charge in [0.1, 0.15) is 0 Å². The largest absolute Gasteiger partial charge is 0.481 e. The van der Waals surface area contributed by atoms with Crippen LogP contribution >= 0.6 is 0 Å². The van der Waals surface area contributed by atoms with Crippen molar-refractivity contribution in [3.8, 4) is 5.88 Å². The molecule has 21 heavy (non-hydrogen) atoms. The number of nitrogens with zero attached hydrogens (tertiary/aromatic N) is 1. The van der Waals surface area contributed by atoms with E-state index in [1.54, 1.807) is 7.11 Å². The summed E-state index contributed by atoms with van der Waals surface area (Å²) in [6.07, 6.45) is 5.59. The molecular formula is C16H24N2O3. The maximum absolute atomic E-state index is 9.62. The molecule has 1 aromatic heterocycles. The standard InChI is InChI=1S/C16H24N2O3/c1-20-15-3-2-11(10-17-15)16(12-8-14(19)9-12)18-13-4-6-21-7-5-13/h2-3,10,12-14,16,18-19H,4-9H2,1H3/t12?,14?,16-/m0/s1. The first-order valence-electron chi connectivity index (χ1n) is 7.78. The fourth-order valence-electron chi connectivity index (χ4n) is 3.22. The number of pyridine rings is 1. The average Bonchev–Trinajstić information content (AvgIpc) is 2.51. The molecule has 1 aliphatic heterocycles. The maximum atomic E-state index is 9.62. The molecule has 116 valence electrons. The second kappa shape index (κ2) is 6.73. The van der Waals surface area contributed by atoms with Crippen LogP contribution in [0.2, 0.25) is 0 Å².